The maximum absolute atomic E-state index is 11.9. The van der Waals surface area contributed by atoms with Gasteiger partial charge in [0.1, 0.15) is 5.54 Å². The Morgan fingerprint density at radius 1 is 1.42 bits per heavy atom. The molecule has 2 heterocycles. The summed E-state index contributed by atoms with van der Waals surface area (Å²) in [5, 5.41) is 2.78. The molecule has 2 fully saturated rings. The number of nitrogens with one attached hydrogen (secondary N) is 1. The van der Waals surface area contributed by atoms with Gasteiger partial charge in [0.25, 0.3) is 0 Å². The molecule has 1 aromatic rings. The zero-order valence-electron chi connectivity index (χ0n) is 10.6. The third kappa shape index (κ3) is 1.81. The van der Waals surface area contributed by atoms with Crippen LogP contribution in [0.3, 0.4) is 0 Å². The minimum atomic E-state index is -0.518. The first kappa shape index (κ1) is 12.2. The molecule has 3 N–H and O–H groups in total. The summed E-state index contributed by atoms with van der Waals surface area (Å²) in [6.07, 6.45) is 1.37. The Morgan fingerprint density at radius 3 is 2.68 bits per heavy atom. The zero-order valence-corrected chi connectivity index (χ0v) is 10.6. The van der Waals surface area contributed by atoms with Crippen molar-refractivity contribution in [2.45, 2.75) is 31.0 Å². The summed E-state index contributed by atoms with van der Waals surface area (Å²) in [5.41, 5.74) is 6.05. The maximum atomic E-state index is 11.9. The number of benzene rings is 1. The van der Waals surface area contributed by atoms with Crippen LogP contribution in [0.15, 0.2) is 30.3 Å². The van der Waals surface area contributed by atoms with Gasteiger partial charge in [-0.05, 0) is 18.4 Å². The van der Waals surface area contributed by atoms with Gasteiger partial charge in [-0.3, -0.25) is 14.5 Å². The first-order chi connectivity index (χ1) is 9.13. The van der Waals surface area contributed by atoms with Gasteiger partial charge >= 0.3 is 0 Å². The van der Waals surface area contributed by atoms with Gasteiger partial charge in [-0.15, -0.1) is 0 Å². The van der Waals surface area contributed by atoms with E-state index >= 15 is 0 Å². The predicted octanol–water partition coefficient (Wildman–Crippen LogP) is 0.00490. The summed E-state index contributed by atoms with van der Waals surface area (Å²) in [5.74, 6) is -0.320. The molecule has 5 nitrogen and oxygen atoms in total. The summed E-state index contributed by atoms with van der Waals surface area (Å²) < 4.78 is 0. The molecule has 0 radical (unpaired) electrons. The van der Waals surface area contributed by atoms with Crippen LogP contribution in [0.2, 0.25) is 0 Å². The number of hydrogen-bond acceptors (Lipinski definition) is 3. The second kappa shape index (κ2) is 4.35. The predicted molar refractivity (Wildman–Crippen MR) is 69.9 cm³/mol. The number of amides is 2. The number of carbonyl (C=O) groups is 2. The smallest absolute Gasteiger partial charge is 0.242 e. The molecule has 1 spiro atoms. The quantitative estimate of drug-likeness (QED) is 0.751. The van der Waals surface area contributed by atoms with Crippen LogP contribution in [-0.2, 0) is 16.1 Å². The highest BCUT2D eigenvalue weighted by molar-refractivity contribution is 5.94. The summed E-state index contributed by atoms with van der Waals surface area (Å²) in [4.78, 5) is 25.5. The number of rotatable bonds is 3. The van der Waals surface area contributed by atoms with Gasteiger partial charge < -0.3 is 11.1 Å². The molecule has 2 amide bonds. The van der Waals surface area contributed by atoms with Gasteiger partial charge in [-0.2, -0.15) is 0 Å². The van der Waals surface area contributed by atoms with Crippen LogP contribution in [0.4, 0.5) is 0 Å². The summed E-state index contributed by atoms with van der Waals surface area (Å²) >= 11 is 0. The molecule has 2 aliphatic rings. The van der Waals surface area contributed by atoms with Gasteiger partial charge in [0, 0.05) is 13.1 Å². The van der Waals surface area contributed by atoms with Crippen LogP contribution in [-0.4, -0.2) is 34.8 Å². The second-order valence-corrected chi connectivity index (χ2v) is 5.28. The Bertz CT molecular complexity index is 517. The average molecular weight is 259 g/mol. The van der Waals surface area contributed by atoms with Gasteiger partial charge in [-0.1, -0.05) is 30.3 Å². The van der Waals surface area contributed by atoms with Crippen LogP contribution in [0.25, 0.3) is 0 Å². The van der Waals surface area contributed by atoms with E-state index in [9.17, 15) is 9.59 Å². The standard InChI is InChI=1S/C14H17N3O2/c15-12(18)11-6-7-14(9-16-13(14)19)17(11)8-10-4-2-1-3-5-10/h1-5,11H,6-9H2,(H2,15,18)(H,16,19). The van der Waals surface area contributed by atoms with E-state index in [-0.39, 0.29) is 17.9 Å². The molecule has 2 aliphatic heterocycles. The van der Waals surface area contributed by atoms with E-state index in [4.69, 9.17) is 5.73 Å². The second-order valence-electron chi connectivity index (χ2n) is 5.28. The van der Waals surface area contributed by atoms with Crippen molar-refractivity contribution >= 4 is 11.8 Å². The van der Waals surface area contributed by atoms with Gasteiger partial charge in [0.2, 0.25) is 11.8 Å². The van der Waals surface area contributed by atoms with Crippen LogP contribution in [0.5, 0.6) is 0 Å². The van der Waals surface area contributed by atoms with Crippen LogP contribution in [0.1, 0.15) is 18.4 Å². The highest BCUT2D eigenvalue weighted by Gasteiger charge is 2.57. The Morgan fingerprint density at radius 2 is 2.16 bits per heavy atom. The molecule has 2 unspecified atom stereocenters. The Hall–Kier alpha value is -1.88. The molecule has 0 bridgehead atoms. The van der Waals surface area contributed by atoms with Crippen molar-refractivity contribution in [3.05, 3.63) is 35.9 Å². The Kier molecular flexibility index (Phi) is 2.78. The highest BCUT2D eigenvalue weighted by atomic mass is 16.2. The van der Waals surface area contributed by atoms with Crippen molar-refractivity contribution in [2.75, 3.05) is 6.54 Å². The van der Waals surface area contributed by atoms with E-state index in [1.807, 2.05) is 35.2 Å². The monoisotopic (exact) mass is 259 g/mol. The minimum Gasteiger partial charge on any atom is -0.368 e. The largest absolute Gasteiger partial charge is 0.368 e. The number of primary amides is 1. The lowest BCUT2D eigenvalue weighted by molar-refractivity contribution is -0.144. The SMILES string of the molecule is NC(=O)C1CCC2(CNC2=O)N1Cc1ccccc1. The van der Waals surface area contributed by atoms with Crippen molar-refractivity contribution in [1.29, 1.82) is 0 Å². The topological polar surface area (TPSA) is 75.4 Å². The molecular weight excluding hydrogens is 242 g/mol. The van der Waals surface area contributed by atoms with Crippen molar-refractivity contribution in [1.82, 2.24) is 10.2 Å². The average Bonchev–Trinajstić information content (AvgIpc) is 2.80. The fourth-order valence-corrected chi connectivity index (χ4v) is 3.11. The molecule has 19 heavy (non-hydrogen) atoms. The first-order valence-corrected chi connectivity index (χ1v) is 6.52. The number of β-lactam (4-membered cyclic amide) rings is 1. The van der Waals surface area contributed by atoms with Crippen molar-refractivity contribution in [3.8, 4) is 0 Å². The normalized spacial score (nSPS) is 30.1. The maximum Gasteiger partial charge on any atom is 0.242 e. The number of likely N-dealkylation sites (tertiary alicyclic amines) is 1. The van der Waals surface area contributed by atoms with Gasteiger partial charge in [0.15, 0.2) is 0 Å². The molecule has 1 aromatic carbocycles. The molecule has 0 aliphatic carbocycles. The molecule has 0 aromatic heterocycles. The zero-order chi connectivity index (χ0) is 13.5. The Balaban J connectivity index is 1.88. The van der Waals surface area contributed by atoms with Crippen LogP contribution < -0.4 is 11.1 Å². The molecule has 2 atom stereocenters. The van der Waals surface area contributed by atoms with Gasteiger partial charge in [-0.25, -0.2) is 0 Å². The summed E-state index contributed by atoms with van der Waals surface area (Å²) in [7, 11) is 0. The van der Waals surface area contributed by atoms with Crippen LogP contribution >= 0.6 is 0 Å². The summed E-state index contributed by atoms with van der Waals surface area (Å²) in [6.45, 7) is 1.20. The number of hydrogen-bond donors (Lipinski definition) is 2. The minimum absolute atomic E-state index is 0.0205. The Labute approximate surface area is 111 Å². The molecule has 100 valence electrons. The molecule has 5 heteroatoms. The van der Waals surface area contributed by atoms with Gasteiger partial charge in [0.05, 0.1) is 6.04 Å². The van der Waals surface area contributed by atoms with E-state index < -0.39 is 5.54 Å². The number of nitrogens with zero attached hydrogens (tertiary/aromatic N) is 1. The van der Waals surface area contributed by atoms with E-state index in [1.54, 1.807) is 0 Å². The van der Waals surface area contributed by atoms with E-state index in [2.05, 4.69) is 5.32 Å². The van der Waals surface area contributed by atoms with E-state index in [0.29, 0.717) is 25.9 Å². The molecular formula is C14H17N3O2. The molecule has 0 saturated carbocycles. The fraction of sp³-hybridized carbons (Fsp3) is 0.429. The van der Waals surface area contributed by atoms with Crippen LogP contribution in [0, 0.1) is 0 Å². The van der Waals surface area contributed by atoms with E-state index in [0.717, 1.165) is 5.56 Å². The molecule has 3 rings (SSSR count). The fourth-order valence-electron chi connectivity index (χ4n) is 3.11. The van der Waals surface area contributed by atoms with Crippen molar-refractivity contribution < 1.29 is 9.59 Å². The summed E-state index contributed by atoms with van der Waals surface area (Å²) in [6, 6.07) is 9.52. The van der Waals surface area contributed by atoms with Crippen molar-refractivity contribution in [3.63, 3.8) is 0 Å². The highest BCUT2D eigenvalue weighted by Crippen LogP contribution is 2.38. The number of nitrogens with two attached hydrogens (primary N) is 1. The van der Waals surface area contributed by atoms with Crippen molar-refractivity contribution in [2.24, 2.45) is 5.73 Å². The molecule has 2 saturated heterocycles. The third-order valence-corrected chi connectivity index (χ3v) is 4.25. The third-order valence-electron chi connectivity index (χ3n) is 4.25. The lowest BCUT2D eigenvalue weighted by Gasteiger charge is -2.45. The van der Waals surface area contributed by atoms with E-state index in [1.165, 1.54) is 0 Å². The lowest BCUT2D eigenvalue weighted by Crippen LogP contribution is -2.71. The number of carbonyl (C=O) groups excluding carboxylic acids is 2. The first-order valence-electron chi connectivity index (χ1n) is 6.52. The lowest BCUT2D eigenvalue weighted by atomic mass is 9.88.